The number of aromatic hydroxyl groups is 1. The van der Waals surface area contributed by atoms with Gasteiger partial charge in [-0.25, -0.2) is 0 Å². The first-order chi connectivity index (χ1) is 13.5. The molecule has 1 aliphatic rings. The number of ketones is 1. The molecule has 1 unspecified atom stereocenters. The summed E-state index contributed by atoms with van der Waals surface area (Å²) in [7, 11) is 0. The number of Topliss-reactive ketones (excluding diaryl/α,β-unsaturated/α-hetero) is 1. The van der Waals surface area contributed by atoms with E-state index >= 15 is 0 Å². The van der Waals surface area contributed by atoms with Gasteiger partial charge in [-0.05, 0) is 48.9 Å². The smallest absolute Gasteiger partial charge is 0.295 e. The molecule has 0 aromatic heterocycles. The zero-order valence-corrected chi connectivity index (χ0v) is 15.3. The number of nitrogens with zero attached hydrogens (tertiary/aromatic N) is 1. The molecule has 3 N–H and O–H groups in total. The maximum Gasteiger partial charge on any atom is 0.295 e. The highest BCUT2D eigenvalue weighted by Crippen LogP contribution is 2.39. The van der Waals surface area contributed by atoms with E-state index in [1.165, 1.54) is 17.0 Å². The van der Waals surface area contributed by atoms with E-state index in [1.54, 1.807) is 36.4 Å². The summed E-state index contributed by atoms with van der Waals surface area (Å²) in [6, 6.07) is 11.7. The number of rotatable bonds is 6. The molecule has 28 heavy (non-hydrogen) atoms. The number of aliphatic hydroxyl groups is 2. The van der Waals surface area contributed by atoms with Crippen LogP contribution in [0.2, 0.25) is 0 Å². The van der Waals surface area contributed by atoms with Crippen LogP contribution >= 0.6 is 0 Å². The predicted molar refractivity (Wildman–Crippen MR) is 102 cm³/mol. The molecule has 2 aromatic rings. The first-order valence-electron chi connectivity index (χ1n) is 8.89. The average Bonchev–Trinajstić information content (AvgIpc) is 2.94. The third-order valence-corrected chi connectivity index (χ3v) is 4.53. The molecule has 3 rings (SSSR count). The molecule has 1 atom stereocenters. The Morgan fingerprint density at radius 2 is 1.71 bits per heavy atom. The number of likely N-dealkylation sites (tertiary alicyclic amines) is 1. The van der Waals surface area contributed by atoms with Crippen molar-refractivity contribution in [3.8, 4) is 11.5 Å². The Balaban J connectivity index is 2.10. The largest absolute Gasteiger partial charge is 0.508 e. The monoisotopic (exact) mass is 383 g/mol. The number of aliphatic hydroxyl groups excluding tert-OH is 2. The molecular weight excluding hydrogens is 362 g/mol. The van der Waals surface area contributed by atoms with E-state index in [2.05, 4.69) is 0 Å². The number of amides is 1. The number of carbonyl (C=O) groups is 2. The molecule has 1 amide bonds. The van der Waals surface area contributed by atoms with Gasteiger partial charge in [0, 0.05) is 12.1 Å². The summed E-state index contributed by atoms with van der Waals surface area (Å²) in [4.78, 5) is 26.4. The maximum absolute atomic E-state index is 12.7. The molecule has 1 aliphatic heterocycles. The van der Waals surface area contributed by atoms with Crippen LogP contribution in [-0.2, 0) is 9.59 Å². The van der Waals surface area contributed by atoms with Gasteiger partial charge in [-0.15, -0.1) is 0 Å². The van der Waals surface area contributed by atoms with Crippen molar-refractivity contribution in [3.05, 3.63) is 65.2 Å². The number of benzene rings is 2. The van der Waals surface area contributed by atoms with Crippen molar-refractivity contribution in [2.24, 2.45) is 0 Å². The lowest BCUT2D eigenvalue weighted by molar-refractivity contribution is -0.140. The molecule has 0 spiro atoms. The van der Waals surface area contributed by atoms with Gasteiger partial charge in [0.1, 0.15) is 17.3 Å². The summed E-state index contributed by atoms with van der Waals surface area (Å²) in [5.74, 6) is -1.26. The minimum atomic E-state index is -0.862. The Morgan fingerprint density at radius 3 is 2.29 bits per heavy atom. The zero-order valence-electron chi connectivity index (χ0n) is 15.3. The molecule has 0 bridgehead atoms. The Kier molecular flexibility index (Phi) is 5.65. The molecule has 0 saturated carbocycles. The number of phenolic OH excluding ortho intramolecular Hbond substituents is 1. The highest BCUT2D eigenvalue weighted by molar-refractivity contribution is 6.46. The first-order valence-corrected chi connectivity index (χ1v) is 8.89. The fourth-order valence-corrected chi connectivity index (χ4v) is 3.25. The van der Waals surface area contributed by atoms with Gasteiger partial charge in [0.2, 0.25) is 0 Å². The van der Waals surface area contributed by atoms with Crippen LogP contribution in [0.1, 0.15) is 24.1 Å². The Morgan fingerprint density at radius 1 is 1.07 bits per heavy atom. The average molecular weight is 383 g/mol. The quantitative estimate of drug-likeness (QED) is 0.401. The van der Waals surface area contributed by atoms with Crippen molar-refractivity contribution < 1.29 is 29.6 Å². The highest BCUT2D eigenvalue weighted by atomic mass is 16.5. The van der Waals surface area contributed by atoms with Crippen molar-refractivity contribution in [3.63, 3.8) is 0 Å². The van der Waals surface area contributed by atoms with Crippen molar-refractivity contribution in [1.29, 1.82) is 0 Å². The molecule has 7 nitrogen and oxygen atoms in total. The van der Waals surface area contributed by atoms with Crippen LogP contribution in [0.3, 0.4) is 0 Å². The summed E-state index contributed by atoms with van der Waals surface area (Å²) < 4.78 is 5.38. The maximum atomic E-state index is 12.7. The molecule has 1 heterocycles. The summed E-state index contributed by atoms with van der Waals surface area (Å²) in [5, 5.41) is 29.7. The van der Waals surface area contributed by atoms with E-state index in [4.69, 9.17) is 4.74 Å². The summed E-state index contributed by atoms with van der Waals surface area (Å²) in [6.07, 6.45) is 0. The SMILES string of the molecule is CCOc1ccc(C(O)=C2C(=O)C(=O)N(CCO)C2c2ccc(O)cc2)cc1. The Hall–Kier alpha value is -3.32. The predicted octanol–water partition coefficient (Wildman–Crippen LogP) is 2.20. The molecule has 0 radical (unpaired) electrons. The van der Waals surface area contributed by atoms with Crippen LogP contribution in [-0.4, -0.2) is 51.7 Å². The third-order valence-electron chi connectivity index (χ3n) is 4.53. The van der Waals surface area contributed by atoms with Crippen molar-refractivity contribution in [2.45, 2.75) is 13.0 Å². The highest BCUT2D eigenvalue weighted by Gasteiger charge is 2.45. The van der Waals surface area contributed by atoms with Gasteiger partial charge in [0.05, 0.1) is 24.8 Å². The zero-order chi connectivity index (χ0) is 20.3. The van der Waals surface area contributed by atoms with Crippen LogP contribution in [0.5, 0.6) is 11.5 Å². The molecule has 2 aromatic carbocycles. The van der Waals surface area contributed by atoms with Crippen LogP contribution in [0, 0.1) is 0 Å². The minimum Gasteiger partial charge on any atom is -0.508 e. The van der Waals surface area contributed by atoms with Crippen LogP contribution in [0.25, 0.3) is 5.76 Å². The topological polar surface area (TPSA) is 107 Å². The van der Waals surface area contributed by atoms with Gasteiger partial charge < -0.3 is 25.0 Å². The minimum absolute atomic E-state index is 0.0365. The van der Waals surface area contributed by atoms with Crippen LogP contribution in [0.15, 0.2) is 54.1 Å². The number of phenols is 1. The lowest BCUT2D eigenvalue weighted by Crippen LogP contribution is -2.32. The molecule has 7 heteroatoms. The number of carbonyl (C=O) groups excluding carboxylic acids is 2. The lowest BCUT2D eigenvalue weighted by Gasteiger charge is -2.24. The standard InChI is InChI=1S/C21H21NO6/c1-2-28-16-9-5-14(6-10-16)19(25)17-18(13-3-7-15(24)8-4-13)22(11-12-23)21(27)20(17)26/h3-10,18,23-25H,2,11-12H2,1H3. The number of β-amino-alcohol motifs (C(OH)–C–C–N with tert-alkyl or cyclic N) is 1. The van der Waals surface area contributed by atoms with Crippen molar-refractivity contribution in [2.75, 3.05) is 19.8 Å². The second-order valence-corrected chi connectivity index (χ2v) is 6.27. The molecule has 1 saturated heterocycles. The van der Waals surface area contributed by atoms with E-state index in [9.17, 15) is 24.9 Å². The normalized spacial score (nSPS) is 18.5. The van der Waals surface area contributed by atoms with E-state index in [0.717, 1.165) is 0 Å². The molecular formula is C21H21NO6. The first kappa shape index (κ1) is 19.4. The van der Waals surface area contributed by atoms with E-state index in [0.29, 0.717) is 23.5 Å². The Bertz CT molecular complexity index is 901. The van der Waals surface area contributed by atoms with E-state index < -0.39 is 17.7 Å². The lowest BCUT2D eigenvalue weighted by atomic mass is 9.95. The van der Waals surface area contributed by atoms with Crippen molar-refractivity contribution >= 4 is 17.4 Å². The molecule has 0 aliphatic carbocycles. The second-order valence-electron chi connectivity index (χ2n) is 6.27. The van der Waals surface area contributed by atoms with Gasteiger partial charge in [0.25, 0.3) is 11.7 Å². The molecule has 1 fully saturated rings. The van der Waals surface area contributed by atoms with Crippen LogP contribution < -0.4 is 4.74 Å². The van der Waals surface area contributed by atoms with Gasteiger partial charge in [0.15, 0.2) is 0 Å². The summed E-state index contributed by atoms with van der Waals surface area (Å²) in [5.41, 5.74) is 0.848. The second kappa shape index (κ2) is 8.14. The van der Waals surface area contributed by atoms with Gasteiger partial charge >= 0.3 is 0 Å². The number of hydrogen-bond acceptors (Lipinski definition) is 6. The third kappa shape index (κ3) is 3.57. The fraction of sp³-hybridized carbons (Fsp3) is 0.238. The Labute approximate surface area is 162 Å². The number of ether oxygens (including phenoxy) is 1. The van der Waals surface area contributed by atoms with E-state index in [1.807, 2.05) is 6.92 Å². The summed E-state index contributed by atoms with van der Waals surface area (Å²) in [6.45, 7) is 1.97. The van der Waals surface area contributed by atoms with E-state index in [-0.39, 0.29) is 30.2 Å². The van der Waals surface area contributed by atoms with Crippen LogP contribution in [0.4, 0.5) is 0 Å². The van der Waals surface area contributed by atoms with Gasteiger partial charge in [-0.3, -0.25) is 9.59 Å². The van der Waals surface area contributed by atoms with Gasteiger partial charge in [-0.2, -0.15) is 0 Å². The fourth-order valence-electron chi connectivity index (χ4n) is 3.25. The molecule has 146 valence electrons. The number of hydrogen-bond donors (Lipinski definition) is 3. The van der Waals surface area contributed by atoms with Crippen molar-refractivity contribution in [1.82, 2.24) is 4.90 Å². The van der Waals surface area contributed by atoms with Gasteiger partial charge in [-0.1, -0.05) is 12.1 Å². The summed E-state index contributed by atoms with van der Waals surface area (Å²) >= 11 is 0.